The van der Waals surface area contributed by atoms with Gasteiger partial charge in [0.2, 0.25) is 0 Å². The first-order chi connectivity index (χ1) is 13.9. The molecule has 1 aliphatic carbocycles. The van der Waals surface area contributed by atoms with Crippen LogP contribution in [0.4, 0.5) is 14.5 Å². The van der Waals surface area contributed by atoms with Gasteiger partial charge in [-0.15, -0.1) is 0 Å². The predicted octanol–water partition coefficient (Wildman–Crippen LogP) is 2.90. The van der Waals surface area contributed by atoms with Crippen molar-refractivity contribution in [2.45, 2.75) is 18.1 Å². The molecule has 0 bridgehead atoms. The third-order valence-corrected chi connectivity index (χ3v) is 5.29. The number of carbonyl (C=O) groups excluding carboxylic acids is 1. The van der Waals surface area contributed by atoms with E-state index >= 15 is 0 Å². The summed E-state index contributed by atoms with van der Waals surface area (Å²) in [6, 6.07) is 6.76. The van der Waals surface area contributed by atoms with E-state index in [1.807, 2.05) is 6.07 Å². The molecule has 1 aromatic heterocycles. The number of nitrogens with zero attached hydrogens (tertiary/aromatic N) is 3. The van der Waals surface area contributed by atoms with E-state index in [0.29, 0.717) is 6.42 Å². The van der Waals surface area contributed by atoms with Gasteiger partial charge in [-0.25, -0.2) is 18.8 Å². The quantitative estimate of drug-likeness (QED) is 0.794. The number of pyridine rings is 1. The molecular weight excluding hydrogens is 404 g/mol. The molecule has 10 heteroatoms. The zero-order valence-corrected chi connectivity index (χ0v) is 15.6. The Balaban J connectivity index is 1.67. The highest BCUT2D eigenvalue weighted by molar-refractivity contribution is 6.34. The lowest BCUT2D eigenvalue weighted by atomic mass is 9.85. The first kappa shape index (κ1) is 19.1. The number of aliphatic imine (C=N–C) groups is 1. The van der Waals surface area contributed by atoms with Crippen molar-refractivity contribution in [1.29, 1.82) is 5.26 Å². The van der Waals surface area contributed by atoms with Gasteiger partial charge >= 0.3 is 0 Å². The van der Waals surface area contributed by atoms with Crippen LogP contribution in [0, 0.1) is 23.1 Å². The second-order valence-corrected chi connectivity index (χ2v) is 7.23. The van der Waals surface area contributed by atoms with Gasteiger partial charge in [-0.3, -0.25) is 4.79 Å². The number of nitrogens with one attached hydrogen (secondary N) is 1. The molecule has 4 rings (SSSR count). The summed E-state index contributed by atoms with van der Waals surface area (Å²) in [5.74, 6) is -1.67. The lowest BCUT2D eigenvalue weighted by Crippen LogP contribution is -2.39. The van der Waals surface area contributed by atoms with E-state index in [-0.39, 0.29) is 45.6 Å². The van der Waals surface area contributed by atoms with Crippen LogP contribution in [0.15, 0.2) is 35.5 Å². The molecule has 148 valence electrons. The highest BCUT2D eigenvalue weighted by atomic mass is 35.5. The van der Waals surface area contributed by atoms with Gasteiger partial charge in [0.1, 0.15) is 35.9 Å². The molecule has 2 aliphatic rings. The maximum absolute atomic E-state index is 14.6. The second kappa shape index (κ2) is 6.97. The summed E-state index contributed by atoms with van der Waals surface area (Å²) in [5.41, 5.74) is 4.44. The number of carbonyl (C=O) groups is 1. The highest BCUT2D eigenvalue weighted by Crippen LogP contribution is 2.53. The Bertz CT molecular complexity index is 1090. The molecule has 7 nitrogen and oxygen atoms in total. The third-order valence-electron chi connectivity index (χ3n) is 5.01. The Morgan fingerprint density at radius 1 is 1.48 bits per heavy atom. The van der Waals surface area contributed by atoms with Gasteiger partial charge in [0.25, 0.3) is 11.9 Å². The average Bonchev–Trinajstić information content (AvgIpc) is 3.48. The first-order valence-corrected chi connectivity index (χ1v) is 9.00. The number of alkyl halides is 1. The van der Waals surface area contributed by atoms with E-state index in [9.17, 15) is 13.6 Å². The number of hydrogen-bond acceptors (Lipinski definition) is 6. The Morgan fingerprint density at radius 2 is 2.28 bits per heavy atom. The molecule has 1 aromatic carbocycles. The molecule has 1 amide bonds. The average molecular weight is 418 g/mol. The van der Waals surface area contributed by atoms with Crippen LogP contribution in [0.25, 0.3) is 0 Å². The molecule has 1 fully saturated rings. The smallest absolute Gasteiger partial charge is 0.283 e. The van der Waals surface area contributed by atoms with E-state index in [0.717, 1.165) is 6.07 Å². The van der Waals surface area contributed by atoms with Gasteiger partial charge in [-0.2, -0.15) is 5.26 Å². The van der Waals surface area contributed by atoms with E-state index < -0.39 is 23.9 Å². The Labute approximate surface area is 169 Å². The van der Waals surface area contributed by atoms with Crippen LogP contribution in [0.1, 0.15) is 28.0 Å². The van der Waals surface area contributed by atoms with Crippen molar-refractivity contribution < 1.29 is 18.3 Å². The summed E-state index contributed by atoms with van der Waals surface area (Å²) in [7, 11) is 0. The van der Waals surface area contributed by atoms with Crippen LogP contribution >= 0.6 is 11.6 Å². The van der Waals surface area contributed by atoms with Crippen LogP contribution in [-0.4, -0.2) is 29.7 Å². The molecule has 1 saturated carbocycles. The molecule has 29 heavy (non-hydrogen) atoms. The van der Waals surface area contributed by atoms with Gasteiger partial charge in [0.05, 0.1) is 10.6 Å². The molecule has 2 aromatic rings. The van der Waals surface area contributed by atoms with Crippen LogP contribution in [0.2, 0.25) is 5.02 Å². The fraction of sp³-hybridized carbons (Fsp3) is 0.263. The minimum atomic E-state index is -1.50. The zero-order chi connectivity index (χ0) is 20.8. The number of halogens is 3. The number of ether oxygens (including phenoxy) is 1. The van der Waals surface area contributed by atoms with Crippen molar-refractivity contribution in [1.82, 2.24) is 4.98 Å². The molecule has 3 N–H and O–H groups in total. The second-order valence-electron chi connectivity index (χ2n) is 6.82. The molecular formula is C19H14ClF2N5O2. The summed E-state index contributed by atoms with van der Waals surface area (Å²) in [4.78, 5) is 20.5. The van der Waals surface area contributed by atoms with Crippen molar-refractivity contribution in [3.05, 3.63) is 58.1 Å². The normalized spacial score (nSPS) is 24.6. The van der Waals surface area contributed by atoms with Crippen LogP contribution < -0.4 is 11.1 Å². The van der Waals surface area contributed by atoms with Crippen molar-refractivity contribution in [2.75, 3.05) is 12.0 Å². The van der Waals surface area contributed by atoms with Crippen molar-refractivity contribution in [2.24, 2.45) is 16.6 Å². The summed E-state index contributed by atoms with van der Waals surface area (Å²) < 4.78 is 34.0. The number of nitrogens with two attached hydrogens (primary N) is 1. The minimum Gasteiger partial charge on any atom is -0.462 e. The molecule has 1 unspecified atom stereocenters. The van der Waals surface area contributed by atoms with Crippen LogP contribution in [0.5, 0.6) is 0 Å². The number of amides is 1. The first-order valence-electron chi connectivity index (χ1n) is 8.63. The lowest BCUT2D eigenvalue weighted by molar-refractivity contribution is 0.102. The van der Waals surface area contributed by atoms with Gasteiger partial charge in [0, 0.05) is 23.4 Å². The fourth-order valence-electron chi connectivity index (χ4n) is 3.52. The number of fused-ring (bicyclic) bond motifs is 1. The maximum atomic E-state index is 14.6. The Kier molecular flexibility index (Phi) is 4.59. The monoisotopic (exact) mass is 417 g/mol. The van der Waals surface area contributed by atoms with Crippen molar-refractivity contribution >= 4 is 29.2 Å². The van der Waals surface area contributed by atoms with Gasteiger partial charge < -0.3 is 15.8 Å². The van der Waals surface area contributed by atoms with Gasteiger partial charge in [0.15, 0.2) is 0 Å². The van der Waals surface area contributed by atoms with Crippen molar-refractivity contribution in [3.63, 3.8) is 0 Å². The van der Waals surface area contributed by atoms with Crippen LogP contribution in [0.3, 0.4) is 0 Å². The molecule has 0 spiro atoms. The number of aromatic nitrogens is 1. The summed E-state index contributed by atoms with van der Waals surface area (Å²) in [6.07, 6.45) is 1.42. The van der Waals surface area contributed by atoms with Gasteiger partial charge in [-0.05, 0) is 30.7 Å². The topological polar surface area (TPSA) is 113 Å². The minimum absolute atomic E-state index is 0.00765. The number of rotatable bonds is 4. The number of anilines is 1. The molecule has 3 atom stereocenters. The molecule has 0 radical (unpaired) electrons. The number of amidine groups is 1. The van der Waals surface area contributed by atoms with E-state index in [2.05, 4.69) is 15.3 Å². The molecule has 0 saturated heterocycles. The summed E-state index contributed by atoms with van der Waals surface area (Å²) in [6.45, 7) is -0.963. The highest BCUT2D eigenvalue weighted by Gasteiger charge is 2.60. The fourth-order valence-corrected chi connectivity index (χ4v) is 3.77. The van der Waals surface area contributed by atoms with E-state index in [1.54, 1.807) is 0 Å². The molecule has 2 heterocycles. The van der Waals surface area contributed by atoms with E-state index in [1.165, 1.54) is 24.4 Å². The lowest BCUT2D eigenvalue weighted by Gasteiger charge is -2.31. The number of nitriles is 1. The summed E-state index contributed by atoms with van der Waals surface area (Å²) >= 11 is 6.00. The molecule has 1 aliphatic heterocycles. The standard InChI is InChI=1S/C19H14ClF2N5O2/c20-13-3-9(6-23)7-25-16(13)17(28)26-10-1-2-14(22)11(4-10)19(8-21)12-5-15(12)29-18(24)27-19/h1-4,7,12,15H,5,8H2,(H2,24,27)(H,26,28)/t12?,15-,19-/m1/s1. The van der Waals surface area contributed by atoms with Gasteiger partial charge in [-0.1, -0.05) is 11.6 Å². The SMILES string of the molecule is N#Cc1cnc(C(=O)Nc2ccc(F)c([C@@]3(CF)N=C(N)O[C@@H]4CC43)c2)c(Cl)c1. The van der Waals surface area contributed by atoms with Crippen molar-refractivity contribution in [3.8, 4) is 6.07 Å². The Morgan fingerprint density at radius 3 is 2.97 bits per heavy atom. The number of hydrogen-bond donors (Lipinski definition) is 2. The van der Waals surface area contributed by atoms with Crippen LogP contribution in [-0.2, 0) is 10.3 Å². The third kappa shape index (κ3) is 3.25. The zero-order valence-electron chi connectivity index (χ0n) is 14.8. The summed E-state index contributed by atoms with van der Waals surface area (Å²) in [5, 5.41) is 11.4. The predicted molar refractivity (Wildman–Crippen MR) is 101 cm³/mol. The maximum Gasteiger partial charge on any atom is 0.283 e. The largest absolute Gasteiger partial charge is 0.462 e. The number of benzene rings is 1. The Hall–Kier alpha value is -3.25. The van der Waals surface area contributed by atoms with E-state index in [4.69, 9.17) is 27.3 Å².